The number of rotatable bonds is 10. The summed E-state index contributed by atoms with van der Waals surface area (Å²) >= 11 is 0. The number of nitrogens with two attached hydrogens (primary N) is 1. The number of aliphatic hydroxyl groups is 2. The van der Waals surface area contributed by atoms with Gasteiger partial charge >= 0.3 is 19.4 Å². The SMILES string of the molecule is [C-]#[N+][C@]1(COP(=O)(N[C@@H](C)C(=O)OC2CCOCC2)Oc2ccccc2)O[C@@H](c2ccc3c(N)ncnn23)[C@H](O)[C@@H]1O. The molecule has 2 aliphatic heterocycles. The number of nitrogens with one attached hydrogen (secondary N) is 1. The van der Waals surface area contributed by atoms with Gasteiger partial charge in [0.15, 0.2) is 18.5 Å². The minimum atomic E-state index is -4.42. The van der Waals surface area contributed by atoms with E-state index in [4.69, 9.17) is 35.6 Å². The minimum Gasteiger partial charge on any atom is -0.461 e. The molecule has 0 saturated carbocycles. The number of nitrogen functional groups attached to an aromatic ring is 1. The number of fused-ring (bicyclic) bond motifs is 1. The van der Waals surface area contributed by atoms with Crippen molar-refractivity contribution in [3.05, 3.63) is 65.9 Å². The number of hydrogen-bond acceptors (Lipinski definition) is 12. The van der Waals surface area contributed by atoms with Gasteiger partial charge in [0.2, 0.25) is 0 Å². The highest BCUT2D eigenvalue weighted by Gasteiger charge is 2.62. The van der Waals surface area contributed by atoms with E-state index in [0.29, 0.717) is 37.3 Å². The quantitative estimate of drug-likeness (QED) is 0.149. The third-order valence-corrected chi connectivity index (χ3v) is 8.61. The van der Waals surface area contributed by atoms with Crippen LogP contribution in [0, 0.1) is 6.57 Å². The van der Waals surface area contributed by atoms with E-state index in [2.05, 4.69) is 20.0 Å². The fourth-order valence-electron chi connectivity index (χ4n) is 4.70. The summed E-state index contributed by atoms with van der Waals surface area (Å²) in [6, 6.07) is 10.1. The van der Waals surface area contributed by atoms with Gasteiger partial charge in [-0.3, -0.25) is 18.9 Å². The summed E-state index contributed by atoms with van der Waals surface area (Å²) < 4.78 is 43.4. The molecule has 42 heavy (non-hydrogen) atoms. The Morgan fingerprint density at radius 3 is 2.74 bits per heavy atom. The predicted octanol–water partition coefficient (Wildman–Crippen LogP) is 1.62. The molecule has 4 heterocycles. The van der Waals surface area contributed by atoms with E-state index in [9.17, 15) is 19.6 Å². The molecular weight excluding hydrogens is 571 g/mol. The standard InChI is InChI=1S/C26H31N6O9P/c1-16(25(35)39-17-10-12-37-13-11-17)31-42(36,41-18-6-4-3-5-7-18)38-14-26(28-2)23(34)21(33)22(40-26)19-8-9-20-24(27)29-15-30-32(19)20/h3-9,15-17,21-23,33-34H,10-14H2,1H3,(H,31,36)(H2,27,29,30)/t16-,21-,22-,23-,26+,42?/m0/s1. The Balaban J connectivity index is 1.35. The van der Waals surface area contributed by atoms with Gasteiger partial charge in [-0.05, 0) is 31.2 Å². The largest absolute Gasteiger partial charge is 0.461 e. The zero-order valence-electron chi connectivity index (χ0n) is 22.6. The average molecular weight is 603 g/mol. The Bertz CT molecular complexity index is 1490. The lowest BCUT2D eigenvalue weighted by atomic mass is 10.0. The van der Waals surface area contributed by atoms with Crippen molar-refractivity contribution in [3.8, 4) is 5.75 Å². The molecule has 0 bridgehead atoms. The van der Waals surface area contributed by atoms with Crippen LogP contribution >= 0.6 is 7.75 Å². The Morgan fingerprint density at radius 2 is 2.02 bits per heavy atom. The number of hydrogen-bond donors (Lipinski definition) is 4. The van der Waals surface area contributed by atoms with Gasteiger partial charge in [0.05, 0.1) is 18.9 Å². The van der Waals surface area contributed by atoms with Crippen LogP contribution in [-0.2, 0) is 28.1 Å². The van der Waals surface area contributed by atoms with Gasteiger partial charge in [-0.25, -0.2) is 20.6 Å². The topological polar surface area (TPSA) is 193 Å². The van der Waals surface area contributed by atoms with E-state index >= 15 is 0 Å². The molecule has 0 spiro atoms. The summed E-state index contributed by atoms with van der Waals surface area (Å²) in [5.41, 5.74) is 4.43. The highest BCUT2D eigenvalue weighted by atomic mass is 31.2. The number of para-hydroxylation sites is 1. The zero-order valence-corrected chi connectivity index (χ0v) is 23.5. The van der Waals surface area contributed by atoms with Crippen LogP contribution in [0.1, 0.15) is 31.6 Å². The predicted molar refractivity (Wildman–Crippen MR) is 146 cm³/mol. The van der Waals surface area contributed by atoms with Crippen molar-refractivity contribution < 1.29 is 42.8 Å². The van der Waals surface area contributed by atoms with Gasteiger partial charge in [-0.15, -0.1) is 0 Å². The zero-order chi connectivity index (χ0) is 29.9. The molecule has 1 aromatic carbocycles. The highest BCUT2D eigenvalue weighted by molar-refractivity contribution is 7.52. The molecule has 0 aliphatic carbocycles. The van der Waals surface area contributed by atoms with Gasteiger partial charge < -0.3 is 29.9 Å². The lowest BCUT2D eigenvalue weighted by Gasteiger charge is -2.27. The molecule has 1 unspecified atom stereocenters. The molecule has 15 nitrogen and oxygen atoms in total. The summed E-state index contributed by atoms with van der Waals surface area (Å²) in [4.78, 5) is 20.1. The second-order valence-electron chi connectivity index (χ2n) is 9.91. The first-order valence-corrected chi connectivity index (χ1v) is 14.7. The number of anilines is 1. The first-order valence-electron chi connectivity index (χ1n) is 13.2. The Labute approximate surface area is 240 Å². The van der Waals surface area contributed by atoms with Crippen molar-refractivity contribution in [2.45, 2.75) is 55.9 Å². The maximum absolute atomic E-state index is 14.0. The van der Waals surface area contributed by atoms with Crippen LogP contribution in [0.25, 0.3) is 10.4 Å². The first kappa shape index (κ1) is 29.9. The third kappa shape index (κ3) is 6.11. The van der Waals surface area contributed by atoms with E-state index < -0.39 is 50.4 Å². The molecule has 6 atom stereocenters. The van der Waals surface area contributed by atoms with E-state index in [0.717, 1.165) is 0 Å². The van der Waals surface area contributed by atoms with Crippen LogP contribution in [0.2, 0.25) is 0 Å². The lowest BCUT2D eigenvalue weighted by Crippen LogP contribution is -2.45. The molecule has 224 valence electrons. The average Bonchev–Trinajstić information content (AvgIpc) is 3.53. The van der Waals surface area contributed by atoms with Crippen LogP contribution in [0.4, 0.5) is 5.82 Å². The molecule has 5 N–H and O–H groups in total. The van der Waals surface area contributed by atoms with Crippen molar-refractivity contribution in [3.63, 3.8) is 0 Å². The Hall–Kier alpha value is -3.61. The highest BCUT2D eigenvalue weighted by Crippen LogP contribution is 2.49. The molecule has 2 aliphatic rings. The number of nitrogens with zero attached hydrogens (tertiary/aromatic N) is 4. The molecule has 5 rings (SSSR count). The van der Waals surface area contributed by atoms with E-state index in [1.165, 1.54) is 29.9 Å². The molecule has 16 heteroatoms. The molecule has 2 aromatic heterocycles. The smallest absolute Gasteiger partial charge is 0.459 e. The number of ether oxygens (including phenoxy) is 3. The van der Waals surface area contributed by atoms with E-state index in [-0.39, 0.29) is 17.7 Å². The van der Waals surface area contributed by atoms with Gasteiger partial charge in [0, 0.05) is 12.8 Å². The summed E-state index contributed by atoms with van der Waals surface area (Å²) in [6.07, 6.45) is -2.67. The third-order valence-electron chi connectivity index (χ3n) is 6.99. The van der Waals surface area contributed by atoms with E-state index in [1.807, 2.05) is 0 Å². The summed E-state index contributed by atoms with van der Waals surface area (Å²) in [7, 11) is -4.42. The van der Waals surface area contributed by atoms with Gasteiger partial charge in [0.25, 0.3) is 0 Å². The summed E-state index contributed by atoms with van der Waals surface area (Å²) in [6.45, 7) is 9.38. The van der Waals surface area contributed by atoms with Gasteiger partial charge in [-0.2, -0.15) is 10.2 Å². The monoisotopic (exact) mass is 602 g/mol. The van der Waals surface area contributed by atoms with Crippen LogP contribution in [-0.4, -0.2) is 80.7 Å². The molecule has 0 amide bonds. The summed E-state index contributed by atoms with van der Waals surface area (Å²) in [5.74, 6) is -0.354. The molecular formula is C26H31N6O9P. The fourth-order valence-corrected chi connectivity index (χ4v) is 6.21. The maximum atomic E-state index is 14.0. The number of carbonyl (C=O) groups excluding carboxylic acids is 1. The van der Waals surface area contributed by atoms with Crippen molar-refractivity contribution in [1.29, 1.82) is 0 Å². The molecule has 2 fully saturated rings. The first-order chi connectivity index (χ1) is 20.1. The number of benzene rings is 1. The minimum absolute atomic E-state index is 0.151. The van der Waals surface area contributed by atoms with Gasteiger partial charge in [0.1, 0.15) is 41.9 Å². The Kier molecular flexibility index (Phi) is 8.76. The number of aromatic nitrogens is 3. The van der Waals surface area contributed by atoms with Crippen molar-refractivity contribution in [1.82, 2.24) is 19.7 Å². The van der Waals surface area contributed by atoms with Crippen molar-refractivity contribution >= 4 is 25.1 Å². The summed E-state index contributed by atoms with van der Waals surface area (Å²) in [5, 5.41) is 28.6. The second kappa shape index (κ2) is 12.3. The van der Waals surface area contributed by atoms with Gasteiger partial charge in [-0.1, -0.05) is 18.2 Å². The van der Waals surface area contributed by atoms with Crippen LogP contribution in [0.5, 0.6) is 5.75 Å². The number of carbonyl (C=O) groups is 1. The second-order valence-corrected chi connectivity index (χ2v) is 11.6. The van der Waals surface area contributed by atoms with Crippen LogP contribution < -0.4 is 15.3 Å². The normalized spacial score (nSPS) is 26.8. The Morgan fingerprint density at radius 1 is 1.29 bits per heavy atom. The van der Waals surface area contributed by atoms with Crippen LogP contribution in [0.15, 0.2) is 48.8 Å². The van der Waals surface area contributed by atoms with Crippen molar-refractivity contribution in [2.75, 3.05) is 25.6 Å². The number of aliphatic hydroxyl groups excluding tert-OH is 2. The molecule has 3 aromatic rings. The number of esters is 1. The molecule has 2 saturated heterocycles. The van der Waals surface area contributed by atoms with E-state index in [1.54, 1.807) is 30.3 Å². The fraction of sp³-hybridized carbons (Fsp3) is 0.462. The van der Waals surface area contributed by atoms with Crippen LogP contribution in [0.3, 0.4) is 0 Å². The maximum Gasteiger partial charge on any atom is 0.459 e. The molecule has 0 radical (unpaired) electrons. The lowest BCUT2D eigenvalue weighted by molar-refractivity contribution is -0.154. The van der Waals surface area contributed by atoms with Crippen molar-refractivity contribution in [2.24, 2.45) is 0 Å².